The zero-order chi connectivity index (χ0) is 13.9. The van der Waals surface area contributed by atoms with E-state index in [9.17, 15) is 8.42 Å². The molecular weight excluding hydrogens is 288 g/mol. The molecule has 8 heteroatoms. The number of nitrogens with zero attached hydrogens (tertiary/aromatic N) is 3. The lowest BCUT2D eigenvalue weighted by molar-refractivity contribution is 0.579. The van der Waals surface area contributed by atoms with Crippen molar-refractivity contribution in [1.82, 2.24) is 19.5 Å². The highest BCUT2D eigenvalue weighted by molar-refractivity contribution is 7.89. The van der Waals surface area contributed by atoms with Crippen LogP contribution >= 0.6 is 11.6 Å². The van der Waals surface area contributed by atoms with Crippen LogP contribution < -0.4 is 4.72 Å². The van der Waals surface area contributed by atoms with Crippen molar-refractivity contribution < 1.29 is 8.42 Å². The highest BCUT2D eigenvalue weighted by Gasteiger charge is 2.14. The molecule has 0 saturated heterocycles. The van der Waals surface area contributed by atoms with Gasteiger partial charge in [-0.1, -0.05) is 11.6 Å². The van der Waals surface area contributed by atoms with Crippen molar-refractivity contribution in [3.05, 3.63) is 41.4 Å². The zero-order valence-electron chi connectivity index (χ0n) is 10.2. The van der Waals surface area contributed by atoms with Gasteiger partial charge in [0.2, 0.25) is 10.0 Å². The number of hydrogen-bond donors (Lipinski definition) is 1. The summed E-state index contributed by atoms with van der Waals surface area (Å²) < 4.78 is 28.2. The van der Waals surface area contributed by atoms with E-state index >= 15 is 0 Å². The van der Waals surface area contributed by atoms with Crippen LogP contribution in [0.3, 0.4) is 0 Å². The van der Waals surface area contributed by atoms with E-state index in [1.165, 1.54) is 18.3 Å². The molecule has 102 valence electrons. The van der Waals surface area contributed by atoms with Gasteiger partial charge in [0.25, 0.3) is 0 Å². The lowest BCUT2D eigenvalue weighted by atomic mass is 10.3. The Hall–Kier alpha value is -1.44. The Morgan fingerprint density at radius 1 is 1.37 bits per heavy atom. The van der Waals surface area contributed by atoms with E-state index in [0.29, 0.717) is 13.0 Å². The second-order valence-electron chi connectivity index (χ2n) is 3.91. The Balaban J connectivity index is 2.01. The smallest absolute Gasteiger partial charge is 0.240 e. The molecule has 2 aromatic heterocycles. The minimum absolute atomic E-state index is 0.109. The normalized spacial score (nSPS) is 11.7. The number of hydrogen-bond acceptors (Lipinski definition) is 4. The number of rotatable bonds is 5. The van der Waals surface area contributed by atoms with Gasteiger partial charge >= 0.3 is 0 Å². The van der Waals surface area contributed by atoms with Crippen molar-refractivity contribution in [2.75, 3.05) is 6.54 Å². The van der Waals surface area contributed by atoms with Crippen LogP contribution in [-0.4, -0.2) is 29.7 Å². The first-order chi connectivity index (χ1) is 8.99. The number of nitrogens with one attached hydrogen (secondary N) is 1. The standard InChI is InChI=1S/C11H13ClN4O2S/c1-16-9(2-6-14-16)3-7-15-19(17,18)10-4-5-13-11(12)8-10/h2,4-6,8,15H,3,7H2,1H3. The molecule has 1 N–H and O–H groups in total. The molecule has 2 heterocycles. The van der Waals surface area contributed by atoms with Gasteiger partial charge in [0, 0.05) is 38.1 Å². The molecule has 0 radical (unpaired) electrons. The quantitative estimate of drug-likeness (QED) is 0.835. The van der Waals surface area contributed by atoms with Crippen LogP contribution in [0.15, 0.2) is 35.5 Å². The molecular formula is C11H13ClN4O2S. The molecule has 0 saturated carbocycles. The Kier molecular flexibility index (Phi) is 4.18. The van der Waals surface area contributed by atoms with Crippen molar-refractivity contribution >= 4 is 21.6 Å². The minimum Gasteiger partial charge on any atom is -0.273 e. The van der Waals surface area contributed by atoms with Gasteiger partial charge in [0.1, 0.15) is 5.15 Å². The monoisotopic (exact) mass is 300 g/mol. The third-order valence-electron chi connectivity index (χ3n) is 2.60. The fraction of sp³-hybridized carbons (Fsp3) is 0.273. The fourth-order valence-corrected chi connectivity index (χ4v) is 2.88. The maximum Gasteiger partial charge on any atom is 0.240 e. The van der Waals surface area contributed by atoms with Gasteiger partial charge in [0.15, 0.2) is 0 Å². The van der Waals surface area contributed by atoms with Gasteiger partial charge in [0.05, 0.1) is 4.90 Å². The third-order valence-corrected chi connectivity index (χ3v) is 4.27. The van der Waals surface area contributed by atoms with Gasteiger partial charge in [-0.15, -0.1) is 0 Å². The summed E-state index contributed by atoms with van der Waals surface area (Å²) in [4.78, 5) is 3.86. The van der Waals surface area contributed by atoms with Crippen LogP contribution in [-0.2, 0) is 23.5 Å². The van der Waals surface area contributed by atoms with E-state index in [1.54, 1.807) is 10.9 Å². The lowest BCUT2D eigenvalue weighted by Gasteiger charge is -2.07. The van der Waals surface area contributed by atoms with Gasteiger partial charge in [-0.25, -0.2) is 18.1 Å². The van der Waals surface area contributed by atoms with E-state index in [-0.39, 0.29) is 10.0 Å². The number of aromatic nitrogens is 3. The second kappa shape index (κ2) is 5.68. The predicted molar refractivity (Wildman–Crippen MR) is 71.3 cm³/mol. The number of aryl methyl sites for hydroxylation is 1. The molecule has 19 heavy (non-hydrogen) atoms. The molecule has 0 atom stereocenters. The van der Waals surface area contributed by atoms with Crippen LogP contribution in [0.2, 0.25) is 5.15 Å². The summed E-state index contributed by atoms with van der Waals surface area (Å²) in [6.45, 7) is 0.293. The van der Waals surface area contributed by atoms with Crippen LogP contribution in [0.25, 0.3) is 0 Å². The van der Waals surface area contributed by atoms with Crippen molar-refractivity contribution in [3.63, 3.8) is 0 Å². The van der Waals surface area contributed by atoms with E-state index in [1.807, 2.05) is 13.1 Å². The molecule has 0 aliphatic carbocycles. The average molecular weight is 301 g/mol. The Morgan fingerprint density at radius 2 is 2.16 bits per heavy atom. The van der Waals surface area contributed by atoms with Crippen molar-refractivity contribution in [1.29, 1.82) is 0 Å². The van der Waals surface area contributed by atoms with E-state index in [4.69, 9.17) is 11.6 Å². The van der Waals surface area contributed by atoms with Gasteiger partial charge in [-0.3, -0.25) is 4.68 Å². The predicted octanol–water partition coefficient (Wildman–Crippen LogP) is 0.989. The molecule has 0 aliphatic heterocycles. The first-order valence-corrected chi connectivity index (χ1v) is 7.43. The minimum atomic E-state index is -3.55. The molecule has 6 nitrogen and oxygen atoms in total. The summed E-state index contributed by atoms with van der Waals surface area (Å²) in [5.74, 6) is 0. The first kappa shape index (κ1) is 14.0. The molecule has 2 rings (SSSR count). The summed E-state index contributed by atoms with van der Waals surface area (Å²) in [7, 11) is -1.74. The van der Waals surface area contributed by atoms with E-state index in [0.717, 1.165) is 5.69 Å². The maximum atomic E-state index is 12.0. The topological polar surface area (TPSA) is 76.9 Å². The first-order valence-electron chi connectivity index (χ1n) is 5.57. The van der Waals surface area contributed by atoms with E-state index in [2.05, 4.69) is 14.8 Å². The summed E-state index contributed by atoms with van der Waals surface area (Å²) in [6.07, 6.45) is 3.60. The Morgan fingerprint density at radius 3 is 2.79 bits per heavy atom. The molecule has 0 aliphatic rings. The largest absolute Gasteiger partial charge is 0.273 e. The SMILES string of the molecule is Cn1nccc1CCNS(=O)(=O)c1ccnc(Cl)c1. The molecule has 0 unspecified atom stereocenters. The maximum absolute atomic E-state index is 12.0. The summed E-state index contributed by atoms with van der Waals surface area (Å²) in [5, 5.41) is 4.16. The average Bonchev–Trinajstić information content (AvgIpc) is 2.75. The molecule has 0 fully saturated rings. The number of pyridine rings is 1. The Bertz CT molecular complexity index is 669. The highest BCUT2D eigenvalue weighted by atomic mass is 35.5. The van der Waals surface area contributed by atoms with Crippen molar-refractivity contribution in [2.24, 2.45) is 7.05 Å². The Labute approximate surface area is 116 Å². The molecule has 0 spiro atoms. The van der Waals surface area contributed by atoms with Crippen LogP contribution in [0.5, 0.6) is 0 Å². The van der Waals surface area contributed by atoms with Crippen LogP contribution in [0.1, 0.15) is 5.69 Å². The summed E-state index contributed by atoms with van der Waals surface area (Å²) in [5.41, 5.74) is 0.954. The summed E-state index contributed by atoms with van der Waals surface area (Å²) >= 11 is 5.67. The van der Waals surface area contributed by atoms with Crippen LogP contribution in [0, 0.1) is 0 Å². The number of sulfonamides is 1. The van der Waals surface area contributed by atoms with E-state index < -0.39 is 10.0 Å². The molecule has 0 bridgehead atoms. The number of halogens is 1. The van der Waals surface area contributed by atoms with Crippen molar-refractivity contribution in [2.45, 2.75) is 11.3 Å². The van der Waals surface area contributed by atoms with Crippen molar-refractivity contribution in [3.8, 4) is 0 Å². The van der Waals surface area contributed by atoms with Gasteiger partial charge in [-0.05, 0) is 18.2 Å². The fourth-order valence-electron chi connectivity index (χ4n) is 1.60. The lowest BCUT2D eigenvalue weighted by Crippen LogP contribution is -2.26. The van der Waals surface area contributed by atoms with Gasteiger partial charge in [-0.2, -0.15) is 5.10 Å². The van der Waals surface area contributed by atoms with Crippen LogP contribution in [0.4, 0.5) is 0 Å². The zero-order valence-corrected chi connectivity index (χ0v) is 11.8. The van der Waals surface area contributed by atoms with Gasteiger partial charge < -0.3 is 0 Å². The molecule has 2 aromatic rings. The molecule has 0 amide bonds. The third kappa shape index (κ3) is 3.52. The molecule has 0 aromatic carbocycles. The second-order valence-corrected chi connectivity index (χ2v) is 6.06. The highest BCUT2D eigenvalue weighted by Crippen LogP contribution is 2.12. The summed E-state index contributed by atoms with van der Waals surface area (Å²) in [6, 6.07) is 4.56.